The number of aliphatic imine (C=N–C) groups is 1. The molecule has 0 radical (unpaired) electrons. The highest BCUT2D eigenvalue weighted by molar-refractivity contribution is 6.12. The molecule has 0 atom stereocenters. The van der Waals surface area contributed by atoms with Gasteiger partial charge in [0.1, 0.15) is 5.75 Å². The van der Waals surface area contributed by atoms with Gasteiger partial charge in [0.2, 0.25) is 5.90 Å². The van der Waals surface area contributed by atoms with Gasteiger partial charge in [-0.2, -0.15) is 0 Å². The number of rotatable bonds is 6. The fourth-order valence-electron chi connectivity index (χ4n) is 2.98. The van der Waals surface area contributed by atoms with E-state index in [1.54, 1.807) is 6.08 Å². The number of carbonyl (C=O) groups excluding carboxylic acids is 1. The van der Waals surface area contributed by atoms with Crippen LogP contribution < -0.4 is 4.74 Å². The summed E-state index contributed by atoms with van der Waals surface area (Å²) in [4.78, 5) is 16.5. The Morgan fingerprint density at radius 3 is 2.38 bits per heavy atom. The van der Waals surface area contributed by atoms with Crippen LogP contribution in [0.3, 0.4) is 0 Å². The molecule has 0 unspecified atom stereocenters. The second kappa shape index (κ2) is 8.57. The second-order valence-corrected chi connectivity index (χ2v) is 6.86. The fourth-order valence-corrected chi connectivity index (χ4v) is 2.98. The van der Waals surface area contributed by atoms with Crippen molar-refractivity contribution >= 4 is 17.9 Å². The van der Waals surface area contributed by atoms with Crippen molar-refractivity contribution in [3.8, 4) is 5.75 Å². The third kappa shape index (κ3) is 4.79. The predicted octanol–water partition coefficient (Wildman–Crippen LogP) is 4.96. The highest BCUT2D eigenvalue weighted by atomic mass is 16.6. The largest absolute Gasteiger partial charge is 0.493 e. The number of ether oxygens (including phenoxy) is 2. The lowest BCUT2D eigenvalue weighted by Crippen LogP contribution is -2.05. The van der Waals surface area contributed by atoms with Crippen LogP contribution in [-0.4, -0.2) is 18.5 Å². The molecule has 0 N–H and O–H groups in total. The Labute approximate surface area is 170 Å². The molecule has 29 heavy (non-hydrogen) atoms. The maximum atomic E-state index is 12.1. The van der Waals surface area contributed by atoms with E-state index in [0.29, 0.717) is 18.2 Å². The number of benzene rings is 3. The summed E-state index contributed by atoms with van der Waals surface area (Å²) in [5.74, 6) is 0.687. The Hall–Kier alpha value is -3.66. The van der Waals surface area contributed by atoms with Crippen LogP contribution >= 0.6 is 0 Å². The molecule has 4 rings (SSSR count). The molecule has 0 aromatic heterocycles. The quantitative estimate of drug-likeness (QED) is 0.446. The minimum absolute atomic E-state index is 0.290. The monoisotopic (exact) mass is 383 g/mol. The van der Waals surface area contributed by atoms with Crippen molar-refractivity contribution in [2.75, 3.05) is 6.61 Å². The van der Waals surface area contributed by atoms with E-state index in [1.807, 2.05) is 73.7 Å². The van der Waals surface area contributed by atoms with Crippen molar-refractivity contribution in [2.45, 2.75) is 13.3 Å². The van der Waals surface area contributed by atoms with Crippen molar-refractivity contribution in [2.24, 2.45) is 4.99 Å². The molecular formula is C25H21NO3. The Morgan fingerprint density at radius 1 is 0.931 bits per heavy atom. The summed E-state index contributed by atoms with van der Waals surface area (Å²) >= 11 is 0. The highest BCUT2D eigenvalue weighted by Crippen LogP contribution is 2.21. The number of aryl methyl sites for hydroxylation is 1. The summed E-state index contributed by atoms with van der Waals surface area (Å²) in [5.41, 5.74) is 4.32. The molecule has 0 bridgehead atoms. The van der Waals surface area contributed by atoms with E-state index in [2.05, 4.69) is 17.1 Å². The molecule has 1 heterocycles. The van der Waals surface area contributed by atoms with Gasteiger partial charge in [0, 0.05) is 12.0 Å². The lowest BCUT2D eigenvalue weighted by atomic mass is 10.1. The van der Waals surface area contributed by atoms with Crippen LogP contribution in [0, 0.1) is 6.92 Å². The molecule has 1 aliphatic heterocycles. The van der Waals surface area contributed by atoms with Gasteiger partial charge >= 0.3 is 5.97 Å². The Bertz CT molecular complexity index is 1050. The van der Waals surface area contributed by atoms with Crippen LogP contribution in [0.5, 0.6) is 5.75 Å². The van der Waals surface area contributed by atoms with Crippen LogP contribution in [0.1, 0.15) is 22.3 Å². The second-order valence-electron chi connectivity index (χ2n) is 6.86. The van der Waals surface area contributed by atoms with Crippen LogP contribution in [0.15, 0.2) is 89.6 Å². The summed E-state index contributed by atoms with van der Waals surface area (Å²) in [6.45, 7) is 2.62. The summed E-state index contributed by atoms with van der Waals surface area (Å²) < 4.78 is 11.1. The average molecular weight is 383 g/mol. The Balaban J connectivity index is 1.40. The Kier molecular flexibility index (Phi) is 5.52. The molecule has 3 aromatic rings. The molecule has 3 aromatic carbocycles. The zero-order valence-electron chi connectivity index (χ0n) is 16.2. The number of hydrogen-bond acceptors (Lipinski definition) is 4. The molecule has 4 heteroatoms. The van der Waals surface area contributed by atoms with Gasteiger partial charge < -0.3 is 9.47 Å². The van der Waals surface area contributed by atoms with Crippen molar-refractivity contribution < 1.29 is 14.3 Å². The molecule has 4 nitrogen and oxygen atoms in total. The highest BCUT2D eigenvalue weighted by Gasteiger charge is 2.23. The predicted molar refractivity (Wildman–Crippen MR) is 114 cm³/mol. The third-order valence-corrected chi connectivity index (χ3v) is 4.60. The maximum Gasteiger partial charge on any atom is 0.363 e. The van der Waals surface area contributed by atoms with E-state index in [9.17, 15) is 4.79 Å². The van der Waals surface area contributed by atoms with Crippen LogP contribution in [0.4, 0.5) is 0 Å². The lowest BCUT2D eigenvalue weighted by molar-refractivity contribution is -0.129. The molecular weight excluding hydrogens is 362 g/mol. The van der Waals surface area contributed by atoms with E-state index in [1.165, 1.54) is 5.56 Å². The molecule has 0 saturated heterocycles. The average Bonchev–Trinajstić information content (AvgIpc) is 3.11. The van der Waals surface area contributed by atoms with E-state index in [0.717, 1.165) is 28.9 Å². The molecule has 0 saturated carbocycles. The maximum absolute atomic E-state index is 12.1. The number of cyclic esters (lactones) is 1. The van der Waals surface area contributed by atoms with E-state index >= 15 is 0 Å². The summed E-state index contributed by atoms with van der Waals surface area (Å²) in [5, 5.41) is 0. The zero-order valence-corrected chi connectivity index (χ0v) is 16.2. The standard InChI is InChI=1S/C25H21NO3/c1-18-7-11-21(12-8-18)24-26-23(25(27)29-24)17-20-9-13-22(14-10-20)28-16-15-19-5-3-2-4-6-19/h2-14,17H,15-16H2,1H3/b23-17-. The molecule has 0 fully saturated rings. The molecule has 0 spiro atoms. The van der Waals surface area contributed by atoms with E-state index in [-0.39, 0.29) is 0 Å². The smallest absolute Gasteiger partial charge is 0.363 e. The molecule has 0 aliphatic carbocycles. The van der Waals surface area contributed by atoms with E-state index in [4.69, 9.17) is 9.47 Å². The topological polar surface area (TPSA) is 47.9 Å². The fraction of sp³-hybridized carbons (Fsp3) is 0.120. The van der Waals surface area contributed by atoms with Crippen molar-refractivity contribution in [1.82, 2.24) is 0 Å². The first-order valence-corrected chi connectivity index (χ1v) is 9.54. The SMILES string of the molecule is Cc1ccc(C2=N/C(=C\c3ccc(OCCc4ccccc4)cc3)C(=O)O2)cc1. The first-order valence-electron chi connectivity index (χ1n) is 9.54. The Morgan fingerprint density at radius 2 is 1.66 bits per heavy atom. The summed E-state index contributed by atoms with van der Waals surface area (Å²) in [6.07, 6.45) is 2.58. The normalized spacial score (nSPS) is 14.6. The zero-order chi connectivity index (χ0) is 20.1. The summed E-state index contributed by atoms with van der Waals surface area (Å²) in [7, 11) is 0. The van der Waals surface area contributed by atoms with Gasteiger partial charge in [-0.25, -0.2) is 9.79 Å². The first kappa shape index (κ1) is 18.7. The third-order valence-electron chi connectivity index (χ3n) is 4.60. The summed E-state index contributed by atoms with van der Waals surface area (Å²) in [6, 6.07) is 25.5. The molecule has 144 valence electrons. The van der Waals surface area contributed by atoms with Crippen molar-refractivity contribution in [3.63, 3.8) is 0 Å². The van der Waals surface area contributed by atoms with Gasteiger partial charge in [0.15, 0.2) is 5.70 Å². The van der Waals surface area contributed by atoms with Gasteiger partial charge in [0.25, 0.3) is 0 Å². The number of hydrogen-bond donors (Lipinski definition) is 0. The van der Waals surface area contributed by atoms with Crippen LogP contribution in [0.25, 0.3) is 6.08 Å². The number of esters is 1. The van der Waals surface area contributed by atoms with Crippen LogP contribution in [0.2, 0.25) is 0 Å². The van der Waals surface area contributed by atoms with Gasteiger partial charge in [0.05, 0.1) is 6.61 Å². The van der Waals surface area contributed by atoms with E-state index < -0.39 is 5.97 Å². The minimum atomic E-state index is -0.441. The molecule has 0 amide bonds. The van der Waals surface area contributed by atoms with Gasteiger partial charge in [-0.1, -0.05) is 60.2 Å². The van der Waals surface area contributed by atoms with Crippen molar-refractivity contribution in [3.05, 3.63) is 107 Å². The van der Waals surface area contributed by atoms with Crippen molar-refractivity contribution in [1.29, 1.82) is 0 Å². The lowest BCUT2D eigenvalue weighted by Gasteiger charge is -2.06. The van der Waals surface area contributed by atoms with Gasteiger partial charge in [-0.3, -0.25) is 0 Å². The van der Waals surface area contributed by atoms with Gasteiger partial charge in [-0.05, 0) is 48.4 Å². The minimum Gasteiger partial charge on any atom is -0.493 e. The number of nitrogens with zero attached hydrogens (tertiary/aromatic N) is 1. The first-order chi connectivity index (χ1) is 14.2. The molecule has 1 aliphatic rings. The van der Waals surface area contributed by atoms with Crippen LogP contribution in [-0.2, 0) is 16.0 Å². The van der Waals surface area contributed by atoms with Gasteiger partial charge in [-0.15, -0.1) is 0 Å². The number of carbonyl (C=O) groups is 1.